The zero-order valence-corrected chi connectivity index (χ0v) is 13.7. The molecule has 6 nitrogen and oxygen atoms in total. The molecule has 132 valence electrons. The Hall–Kier alpha value is -2.87. The van der Waals surface area contributed by atoms with Crippen LogP contribution < -0.4 is 15.2 Å². The molecular formula is C16H13ClF2N2O4. The molecule has 0 aliphatic carbocycles. The zero-order chi connectivity index (χ0) is 18.4. The Morgan fingerprint density at radius 3 is 2.48 bits per heavy atom. The number of alkyl halides is 2. The van der Waals surface area contributed by atoms with E-state index in [1.807, 2.05) is 0 Å². The van der Waals surface area contributed by atoms with Gasteiger partial charge in [0, 0.05) is 5.02 Å². The number of benzene rings is 2. The number of rotatable bonds is 6. The average Bonchev–Trinajstić information content (AvgIpc) is 2.59. The number of oxime groups is 1. The summed E-state index contributed by atoms with van der Waals surface area (Å²) in [5.74, 6) is -0.633. The summed E-state index contributed by atoms with van der Waals surface area (Å²) in [5, 5.41) is 3.94. The molecule has 2 aromatic carbocycles. The highest BCUT2D eigenvalue weighted by atomic mass is 35.5. The Labute approximate surface area is 146 Å². The Kier molecular flexibility index (Phi) is 6.13. The van der Waals surface area contributed by atoms with E-state index in [9.17, 15) is 13.6 Å². The minimum Gasteiger partial charge on any atom is -0.496 e. The fraction of sp³-hybridized carbons (Fsp3) is 0.125. The third-order valence-corrected chi connectivity index (χ3v) is 3.21. The quantitative estimate of drug-likeness (QED) is 0.364. The van der Waals surface area contributed by atoms with Crippen molar-refractivity contribution in [2.75, 3.05) is 7.11 Å². The van der Waals surface area contributed by atoms with Crippen molar-refractivity contribution in [1.82, 2.24) is 0 Å². The first-order valence-corrected chi connectivity index (χ1v) is 7.22. The standard InChI is InChI=1S/C16H13ClF2N2O4/c1-23-13-7-4-10(17)8-12(13)14(20)21-25-15(22)9-2-5-11(6-3-9)24-16(18)19/h2-8,16H,1H3,(H2,20,21). The van der Waals surface area contributed by atoms with Gasteiger partial charge in [-0.15, -0.1) is 0 Å². The highest BCUT2D eigenvalue weighted by molar-refractivity contribution is 6.31. The van der Waals surface area contributed by atoms with Crippen molar-refractivity contribution in [2.24, 2.45) is 10.9 Å². The Bertz CT molecular complexity index is 782. The van der Waals surface area contributed by atoms with E-state index in [1.54, 1.807) is 12.1 Å². The molecule has 0 aromatic heterocycles. The number of nitrogens with zero attached hydrogens (tertiary/aromatic N) is 1. The van der Waals surface area contributed by atoms with E-state index in [4.69, 9.17) is 26.9 Å². The van der Waals surface area contributed by atoms with Crippen LogP contribution in [0.3, 0.4) is 0 Å². The highest BCUT2D eigenvalue weighted by Gasteiger charge is 2.12. The number of nitrogens with two attached hydrogens (primary N) is 1. The maximum atomic E-state index is 12.1. The number of halogens is 3. The number of amidine groups is 1. The van der Waals surface area contributed by atoms with Crippen molar-refractivity contribution in [3.05, 3.63) is 58.6 Å². The number of carbonyl (C=O) groups excluding carboxylic acids is 1. The van der Waals surface area contributed by atoms with Gasteiger partial charge in [-0.05, 0) is 42.5 Å². The minimum absolute atomic E-state index is 0.0798. The lowest BCUT2D eigenvalue weighted by Gasteiger charge is -2.08. The molecule has 25 heavy (non-hydrogen) atoms. The van der Waals surface area contributed by atoms with E-state index >= 15 is 0 Å². The van der Waals surface area contributed by atoms with Gasteiger partial charge in [0.05, 0.1) is 18.2 Å². The van der Waals surface area contributed by atoms with E-state index in [2.05, 4.69) is 9.89 Å². The van der Waals surface area contributed by atoms with E-state index in [1.165, 1.54) is 37.4 Å². The van der Waals surface area contributed by atoms with Gasteiger partial charge in [-0.25, -0.2) is 4.79 Å². The zero-order valence-electron chi connectivity index (χ0n) is 12.9. The first-order chi connectivity index (χ1) is 11.9. The fourth-order valence-electron chi connectivity index (χ4n) is 1.85. The molecule has 2 rings (SSSR count). The molecule has 0 saturated heterocycles. The fourth-order valence-corrected chi connectivity index (χ4v) is 2.02. The van der Waals surface area contributed by atoms with Crippen molar-refractivity contribution in [3.8, 4) is 11.5 Å². The van der Waals surface area contributed by atoms with Crippen LogP contribution in [0, 0.1) is 0 Å². The predicted octanol–water partition coefficient (Wildman–Crippen LogP) is 3.43. The van der Waals surface area contributed by atoms with Crippen LogP contribution in [0.15, 0.2) is 47.6 Å². The lowest BCUT2D eigenvalue weighted by molar-refractivity contribution is -0.0498. The van der Waals surface area contributed by atoms with E-state index in [0.717, 1.165) is 0 Å². The van der Waals surface area contributed by atoms with Crippen molar-refractivity contribution in [1.29, 1.82) is 0 Å². The highest BCUT2D eigenvalue weighted by Crippen LogP contribution is 2.22. The normalized spacial score (nSPS) is 11.3. The summed E-state index contributed by atoms with van der Waals surface area (Å²) in [6.45, 7) is -2.95. The molecule has 0 amide bonds. The van der Waals surface area contributed by atoms with Gasteiger partial charge in [-0.2, -0.15) is 8.78 Å². The summed E-state index contributed by atoms with van der Waals surface area (Å²) in [7, 11) is 1.44. The maximum Gasteiger partial charge on any atom is 0.387 e. The smallest absolute Gasteiger partial charge is 0.387 e. The maximum absolute atomic E-state index is 12.1. The summed E-state index contributed by atoms with van der Waals surface area (Å²) in [6.07, 6.45) is 0. The van der Waals surface area contributed by atoms with E-state index in [-0.39, 0.29) is 17.1 Å². The molecule has 0 saturated carbocycles. The summed E-state index contributed by atoms with van der Waals surface area (Å²) in [5.41, 5.74) is 6.21. The van der Waals surface area contributed by atoms with E-state index in [0.29, 0.717) is 16.3 Å². The Morgan fingerprint density at radius 1 is 1.20 bits per heavy atom. The van der Waals surface area contributed by atoms with Gasteiger partial charge >= 0.3 is 12.6 Å². The first-order valence-electron chi connectivity index (χ1n) is 6.84. The number of hydrogen-bond acceptors (Lipinski definition) is 5. The number of ether oxygens (including phenoxy) is 2. The van der Waals surface area contributed by atoms with Gasteiger partial charge in [-0.1, -0.05) is 16.8 Å². The van der Waals surface area contributed by atoms with Crippen molar-refractivity contribution < 1.29 is 27.9 Å². The van der Waals surface area contributed by atoms with Gasteiger partial charge in [0.15, 0.2) is 5.84 Å². The van der Waals surface area contributed by atoms with Crippen molar-refractivity contribution in [2.45, 2.75) is 6.61 Å². The average molecular weight is 371 g/mol. The van der Waals surface area contributed by atoms with Gasteiger partial charge < -0.3 is 20.0 Å². The van der Waals surface area contributed by atoms with Gasteiger partial charge in [0.1, 0.15) is 11.5 Å². The number of carbonyl (C=O) groups is 1. The molecule has 2 N–H and O–H groups in total. The molecule has 0 aliphatic heterocycles. The second-order valence-corrected chi connectivity index (χ2v) is 5.04. The van der Waals surface area contributed by atoms with Crippen LogP contribution in [0.4, 0.5) is 8.78 Å². The van der Waals surface area contributed by atoms with Crippen LogP contribution in [-0.4, -0.2) is 25.5 Å². The summed E-state index contributed by atoms with van der Waals surface area (Å²) < 4.78 is 33.5. The number of hydrogen-bond donors (Lipinski definition) is 1. The molecule has 9 heteroatoms. The van der Waals surface area contributed by atoms with Gasteiger partial charge in [-0.3, -0.25) is 0 Å². The topological polar surface area (TPSA) is 83.1 Å². The first kappa shape index (κ1) is 18.5. The van der Waals surface area contributed by atoms with Gasteiger partial charge in [0.25, 0.3) is 0 Å². The predicted molar refractivity (Wildman–Crippen MR) is 87.2 cm³/mol. The Balaban J connectivity index is 2.10. The lowest BCUT2D eigenvalue weighted by Crippen LogP contribution is -2.16. The largest absolute Gasteiger partial charge is 0.496 e. The minimum atomic E-state index is -2.95. The molecule has 0 unspecified atom stereocenters. The summed E-state index contributed by atoms with van der Waals surface area (Å²) in [6, 6.07) is 9.61. The summed E-state index contributed by atoms with van der Waals surface area (Å²) >= 11 is 5.89. The second-order valence-electron chi connectivity index (χ2n) is 4.60. The second kappa shape index (κ2) is 8.29. The molecule has 0 aliphatic rings. The van der Waals surface area contributed by atoms with Crippen molar-refractivity contribution >= 4 is 23.4 Å². The van der Waals surface area contributed by atoms with Crippen LogP contribution in [0.5, 0.6) is 11.5 Å². The molecular weight excluding hydrogens is 358 g/mol. The molecule has 0 heterocycles. The SMILES string of the molecule is COc1ccc(Cl)cc1/C(N)=N/OC(=O)c1ccc(OC(F)F)cc1. The molecule has 0 spiro atoms. The van der Waals surface area contributed by atoms with Gasteiger partial charge in [0.2, 0.25) is 0 Å². The number of methoxy groups -OCH3 is 1. The van der Waals surface area contributed by atoms with Crippen LogP contribution in [0.1, 0.15) is 15.9 Å². The third kappa shape index (κ3) is 5.05. The van der Waals surface area contributed by atoms with Crippen LogP contribution in [0.25, 0.3) is 0 Å². The summed E-state index contributed by atoms with van der Waals surface area (Å²) in [4.78, 5) is 16.6. The molecule has 0 fully saturated rings. The monoisotopic (exact) mass is 370 g/mol. The van der Waals surface area contributed by atoms with Crippen LogP contribution >= 0.6 is 11.6 Å². The third-order valence-electron chi connectivity index (χ3n) is 2.98. The molecule has 0 radical (unpaired) electrons. The molecule has 2 aromatic rings. The molecule has 0 bridgehead atoms. The van der Waals surface area contributed by atoms with Crippen LogP contribution in [-0.2, 0) is 4.84 Å². The van der Waals surface area contributed by atoms with Crippen molar-refractivity contribution in [3.63, 3.8) is 0 Å². The molecule has 0 atom stereocenters. The lowest BCUT2D eigenvalue weighted by atomic mass is 10.2. The van der Waals surface area contributed by atoms with E-state index < -0.39 is 12.6 Å². The van der Waals surface area contributed by atoms with Crippen LogP contribution in [0.2, 0.25) is 5.02 Å². The Morgan fingerprint density at radius 2 is 1.88 bits per heavy atom.